The zero-order valence-corrected chi connectivity index (χ0v) is 14.0. The standard InChI is InChI=1S/C17H28N4O2/c1-2-17(13-22)6-10-20(11-7-17)16(23)15-5-9-21(19-15)14-4-3-8-18-12-14/h5,9,14,18,22H,2-4,6-8,10-13H2,1H3. The van der Waals surface area contributed by atoms with Gasteiger partial charge in [-0.3, -0.25) is 9.48 Å². The average Bonchev–Trinajstić information content (AvgIpc) is 3.12. The molecule has 0 spiro atoms. The van der Waals surface area contributed by atoms with E-state index < -0.39 is 0 Å². The van der Waals surface area contributed by atoms with Gasteiger partial charge in [0.25, 0.3) is 5.91 Å². The Hall–Kier alpha value is -1.40. The van der Waals surface area contributed by atoms with Gasteiger partial charge in [-0.2, -0.15) is 5.10 Å². The van der Waals surface area contributed by atoms with Crippen molar-refractivity contribution in [1.82, 2.24) is 20.0 Å². The van der Waals surface area contributed by atoms with Crippen LogP contribution >= 0.6 is 0 Å². The fraction of sp³-hybridized carbons (Fsp3) is 0.765. The van der Waals surface area contributed by atoms with Gasteiger partial charge in [0.2, 0.25) is 0 Å². The van der Waals surface area contributed by atoms with Gasteiger partial charge < -0.3 is 15.3 Å². The molecule has 3 rings (SSSR count). The van der Waals surface area contributed by atoms with E-state index >= 15 is 0 Å². The first kappa shape index (κ1) is 16.5. The Morgan fingerprint density at radius 3 is 2.87 bits per heavy atom. The molecule has 0 aliphatic carbocycles. The minimum atomic E-state index is 0.00388. The third-order valence-corrected chi connectivity index (χ3v) is 5.67. The van der Waals surface area contributed by atoms with E-state index in [0.29, 0.717) is 24.8 Å². The summed E-state index contributed by atoms with van der Waals surface area (Å²) in [5, 5.41) is 17.5. The third kappa shape index (κ3) is 3.43. The summed E-state index contributed by atoms with van der Waals surface area (Å²) in [6.45, 7) is 5.76. The summed E-state index contributed by atoms with van der Waals surface area (Å²) in [6.07, 6.45) is 6.91. The number of piperidine rings is 2. The van der Waals surface area contributed by atoms with Gasteiger partial charge in [0.1, 0.15) is 5.69 Å². The Bertz CT molecular complexity index is 522. The third-order valence-electron chi connectivity index (χ3n) is 5.67. The number of likely N-dealkylation sites (tertiary alicyclic amines) is 1. The molecule has 2 N–H and O–H groups in total. The van der Waals surface area contributed by atoms with E-state index in [2.05, 4.69) is 17.3 Å². The Morgan fingerprint density at radius 2 is 2.26 bits per heavy atom. The van der Waals surface area contributed by atoms with Crippen LogP contribution in [-0.4, -0.2) is 58.5 Å². The molecule has 0 saturated carbocycles. The van der Waals surface area contributed by atoms with Crippen molar-refractivity contribution in [3.63, 3.8) is 0 Å². The van der Waals surface area contributed by atoms with Crippen molar-refractivity contribution >= 4 is 5.91 Å². The summed E-state index contributed by atoms with van der Waals surface area (Å²) in [7, 11) is 0. The van der Waals surface area contributed by atoms with Crippen LogP contribution in [-0.2, 0) is 0 Å². The zero-order chi connectivity index (χ0) is 16.3. The minimum Gasteiger partial charge on any atom is -0.396 e. The smallest absolute Gasteiger partial charge is 0.274 e. The molecule has 6 nitrogen and oxygen atoms in total. The Morgan fingerprint density at radius 1 is 1.48 bits per heavy atom. The SMILES string of the molecule is CCC1(CO)CCN(C(=O)c2ccn(C3CCCNC3)n2)CC1. The molecule has 2 aliphatic heterocycles. The second kappa shape index (κ2) is 7.01. The number of amides is 1. The molecule has 128 valence electrons. The van der Waals surface area contributed by atoms with Crippen molar-refractivity contribution in [2.75, 3.05) is 32.8 Å². The molecule has 1 unspecified atom stereocenters. The van der Waals surface area contributed by atoms with Crippen molar-refractivity contribution in [3.8, 4) is 0 Å². The molecule has 1 aromatic heterocycles. The molecule has 23 heavy (non-hydrogen) atoms. The molecule has 1 aromatic rings. The molecule has 1 atom stereocenters. The van der Waals surface area contributed by atoms with Crippen LogP contribution < -0.4 is 5.32 Å². The molecule has 1 amide bonds. The number of nitrogens with one attached hydrogen (secondary N) is 1. The van der Waals surface area contributed by atoms with Crippen LogP contribution in [0.1, 0.15) is 55.6 Å². The largest absolute Gasteiger partial charge is 0.396 e. The number of carbonyl (C=O) groups excluding carboxylic acids is 1. The fourth-order valence-electron chi connectivity index (χ4n) is 3.68. The summed E-state index contributed by atoms with van der Waals surface area (Å²) < 4.78 is 1.94. The Labute approximate surface area is 137 Å². The van der Waals surface area contributed by atoms with Crippen molar-refractivity contribution in [3.05, 3.63) is 18.0 Å². The van der Waals surface area contributed by atoms with Gasteiger partial charge in [-0.15, -0.1) is 0 Å². The number of aromatic nitrogens is 2. The van der Waals surface area contributed by atoms with E-state index in [1.54, 1.807) is 0 Å². The highest BCUT2D eigenvalue weighted by atomic mass is 16.3. The average molecular weight is 320 g/mol. The van der Waals surface area contributed by atoms with Crippen LogP contribution in [0, 0.1) is 5.41 Å². The predicted molar refractivity (Wildman–Crippen MR) is 88.3 cm³/mol. The fourth-order valence-corrected chi connectivity index (χ4v) is 3.68. The first-order valence-electron chi connectivity index (χ1n) is 8.83. The van der Waals surface area contributed by atoms with Gasteiger partial charge in [0.15, 0.2) is 0 Å². The van der Waals surface area contributed by atoms with Crippen molar-refractivity contribution in [1.29, 1.82) is 0 Å². The molecule has 0 aromatic carbocycles. The first-order valence-corrected chi connectivity index (χ1v) is 8.83. The number of hydrogen-bond acceptors (Lipinski definition) is 4. The molecule has 2 saturated heterocycles. The van der Waals surface area contributed by atoms with Gasteiger partial charge in [0, 0.05) is 32.4 Å². The summed E-state index contributed by atoms with van der Waals surface area (Å²) in [4.78, 5) is 14.5. The molecule has 2 fully saturated rings. The number of aliphatic hydroxyl groups is 1. The summed E-state index contributed by atoms with van der Waals surface area (Å²) in [5.41, 5.74) is 0.549. The predicted octanol–water partition coefficient (Wildman–Crippen LogP) is 1.43. The number of carbonyl (C=O) groups is 1. The number of aliphatic hydroxyl groups excluding tert-OH is 1. The van der Waals surface area contributed by atoms with Crippen LogP contribution in [0.25, 0.3) is 0 Å². The van der Waals surface area contributed by atoms with E-state index in [-0.39, 0.29) is 17.9 Å². The molecule has 2 aliphatic rings. The van der Waals surface area contributed by atoms with E-state index in [1.165, 1.54) is 0 Å². The highest BCUT2D eigenvalue weighted by Gasteiger charge is 2.34. The molecule has 3 heterocycles. The van der Waals surface area contributed by atoms with Crippen LogP contribution in [0.3, 0.4) is 0 Å². The number of hydrogen-bond donors (Lipinski definition) is 2. The molecule has 0 radical (unpaired) electrons. The van der Waals surface area contributed by atoms with E-state index in [1.807, 2.05) is 21.8 Å². The second-order valence-corrected chi connectivity index (χ2v) is 6.99. The van der Waals surface area contributed by atoms with Crippen molar-refractivity contribution in [2.45, 2.75) is 45.1 Å². The first-order chi connectivity index (χ1) is 11.2. The summed E-state index contributed by atoms with van der Waals surface area (Å²) >= 11 is 0. The lowest BCUT2D eigenvalue weighted by atomic mass is 9.77. The van der Waals surface area contributed by atoms with Gasteiger partial charge in [-0.05, 0) is 50.1 Å². The monoisotopic (exact) mass is 320 g/mol. The van der Waals surface area contributed by atoms with Crippen molar-refractivity contribution < 1.29 is 9.90 Å². The lowest BCUT2D eigenvalue weighted by Crippen LogP contribution is -2.44. The van der Waals surface area contributed by atoms with Gasteiger partial charge in [0.05, 0.1) is 6.04 Å². The topological polar surface area (TPSA) is 70.4 Å². The minimum absolute atomic E-state index is 0.00388. The maximum atomic E-state index is 12.7. The maximum absolute atomic E-state index is 12.7. The van der Waals surface area contributed by atoms with Crippen molar-refractivity contribution in [2.24, 2.45) is 5.41 Å². The van der Waals surface area contributed by atoms with E-state index in [0.717, 1.165) is 45.2 Å². The lowest BCUT2D eigenvalue weighted by Gasteiger charge is -2.40. The number of rotatable bonds is 4. The molecule has 0 bridgehead atoms. The van der Waals surface area contributed by atoms with Gasteiger partial charge in [-0.25, -0.2) is 0 Å². The highest BCUT2D eigenvalue weighted by Crippen LogP contribution is 2.34. The number of nitrogens with zero attached hydrogens (tertiary/aromatic N) is 3. The Kier molecular flexibility index (Phi) is 5.02. The van der Waals surface area contributed by atoms with E-state index in [4.69, 9.17) is 0 Å². The van der Waals surface area contributed by atoms with Crippen LogP contribution in [0.4, 0.5) is 0 Å². The quantitative estimate of drug-likeness (QED) is 0.880. The molecular formula is C17H28N4O2. The summed E-state index contributed by atoms with van der Waals surface area (Å²) in [6, 6.07) is 2.19. The van der Waals surface area contributed by atoms with Crippen LogP contribution in [0.15, 0.2) is 12.3 Å². The lowest BCUT2D eigenvalue weighted by molar-refractivity contribution is 0.0334. The van der Waals surface area contributed by atoms with Gasteiger partial charge >= 0.3 is 0 Å². The zero-order valence-electron chi connectivity index (χ0n) is 14.0. The normalized spacial score (nSPS) is 24.6. The highest BCUT2D eigenvalue weighted by molar-refractivity contribution is 5.92. The van der Waals surface area contributed by atoms with Crippen LogP contribution in [0.2, 0.25) is 0 Å². The van der Waals surface area contributed by atoms with Gasteiger partial charge in [-0.1, -0.05) is 6.92 Å². The summed E-state index contributed by atoms with van der Waals surface area (Å²) in [5.74, 6) is 0.0233. The molecular weight excluding hydrogens is 292 g/mol. The molecule has 6 heteroatoms. The maximum Gasteiger partial charge on any atom is 0.274 e. The second-order valence-electron chi connectivity index (χ2n) is 6.99. The van der Waals surface area contributed by atoms with Crippen LogP contribution in [0.5, 0.6) is 0 Å². The van der Waals surface area contributed by atoms with E-state index in [9.17, 15) is 9.90 Å². The Balaban J connectivity index is 1.62.